The highest BCUT2D eigenvalue weighted by Crippen LogP contribution is 2.35. The van der Waals surface area contributed by atoms with Crippen LogP contribution in [0.3, 0.4) is 0 Å². The summed E-state index contributed by atoms with van der Waals surface area (Å²) in [4.78, 5) is 11.3. The summed E-state index contributed by atoms with van der Waals surface area (Å²) in [6.45, 7) is 9.28. The van der Waals surface area contributed by atoms with Crippen LogP contribution in [-0.2, 0) is 12.0 Å². The molecule has 136 valence electrons. The van der Waals surface area contributed by atoms with Crippen LogP contribution in [0.25, 0.3) is 0 Å². The molecule has 24 heavy (non-hydrogen) atoms. The van der Waals surface area contributed by atoms with E-state index < -0.39 is 0 Å². The van der Waals surface area contributed by atoms with E-state index >= 15 is 0 Å². The van der Waals surface area contributed by atoms with Gasteiger partial charge < -0.3 is 14.6 Å². The summed E-state index contributed by atoms with van der Waals surface area (Å²) in [6, 6.07) is 0. The molecule has 1 aliphatic heterocycles. The maximum atomic E-state index is 5.85. The molecule has 0 amide bonds. The molecule has 5 nitrogen and oxygen atoms in total. The number of hydrogen-bond donors (Lipinski definition) is 1. The van der Waals surface area contributed by atoms with E-state index in [1.54, 1.807) is 0 Å². The third kappa shape index (κ3) is 4.43. The van der Waals surface area contributed by atoms with Crippen LogP contribution in [0.15, 0.2) is 15.6 Å². The van der Waals surface area contributed by atoms with Gasteiger partial charge in [-0.25, -0.2) is 4.98 Å². The Kier molecular flexibility index (Phi) is 6.56. The molecule has 6 heteroatoms. The Hall–Kier alpha value is -0.790. The van der Waals surface area contributed by atoms with Crippen molar-refractivity contribution in [3.05, 3.63) is 17.8 Å². The number of guanidine groups is 1. The zero-order chi connectivity index (χ0) is 16.4. The van der Waals surface area contributed by atoms with E-state index in [0.717, 1.165) is 42.5 Å². The van der Waals surface area contributed by atoms with Gasteiger partial charge in [-0.1, -0.05) is 33.6 Å². The molecular weight excluding hydrogens is 415 g/mol. The van der Waals surface area contributed by atoms with Crippen LogP contribution in [0.4, 0.5) is 0 Å². The van der Waals surface area contributed by atoms with Gasteiger partial charge in [0.2, 0.25) is 5.89 Å². The van der Waals surface area contributed by atoms with Gasteiger partial charge >= 0.3 is 0 Å². The molecule has 1 aliphatic carbocycles. The molecule has 1 saturated carbocycles. The van der Waals surface area contributed by atoms with Gasteiger partial charge in [0, 0.05) is 25.6 Å². The van der Waals surface area contributed by atoms with Gasteiger partial charge in [-0.15, -0.1) is 24.0 Å². The van der Waals surface area contributed by atoms with Gasteiger partial charge in [0.15, 0.2) is 5.96 Å². The third-order valence-electron chi connectivity index (χ3n) is 5.18. The highest BCUT2D eigenvalue weighted by molar-refractivity contribution is 14.0. The Balaban J connectivity index is 0.00000208. The van der Waals surface area contributed by atoms with Gasteiger partial charge in [0.05, 0.1) is 12.7 Å². The number of likely N-dealkylation sites (tertiary alicyclic amines) is 1. The Bertz CT molecular complexity index is 550. The maximum Gasteiger partial charge on any atom is 0.213 e. The minimum absolute atomic E-state index is 0. The molecule has 1 N–H and O–H groups in total. The molecule has 3 rings (SSSR count). The van der Waals surface area contributed by atoms with Crippen molar-refractivity contribution in [1.82, 2.24) is 15.2 Å². The minimum Gasteiger partial charge on any atom is -0.443 e. The standard InChI is InChI=1S/C18H30N4O.HI/c1-18(2,3)15-9-20-16(23-15)10-21-17(19-4)22-11-13-7-5-6-8-14(13)12-22;/h9,13-14H,5-8,10-12H2,1-4H3,(H,19,21);1H. The van der Waals surface area contributed by atoms with Crippen molar-refractivity contribution in [2.24, 2.45) is 16.8 Å². The first-order valence-corrected chi connectivity index (χ1v) is 8.88. The van der Waals surface area contributed by atoms with Crippen molar-refractivity contribution in [1.29, 1.82) is 0 Å². The Labute approximate surface area is 162 Å². The molecule has 2 atom stereocenters. The molecule has 2 unspecified atom stereocenters. The molecule has 2 fully saturated rings. The fourth-order valence-corrected chi connectivity index (χ4v) is 3.80. The highest BCUT2D eigenvalue weighted by atomic mass is 127. The number of rotatable bonds is 2. The molecule has 1 saturated heterocycles. The summed E-state index contributed by atoms with van der Waals surface area (Å²) in [7, 11) is 1.86. The lowest BCUT2D eigenvalue weighted by molar-refractivity contribution is 0.299. The van der Waals surface area contributed by atoms with E-state index in [1.807, 2.05) is 13.2 Å². The van der Waals surface area contributed by atoms with E-state index in [-0.39, 0.29) is 29.4 Å². The van der Waals surface area contributed by atoms with E-state index in [4.69, 9.17) is 4.42 Å². The first kappa shape index (κ1) is 19.5. The van der Waals surface area contributed by atoms with Crippen molar-refractivity contribution >= 4 is 29.9 Å². The molecule has 1 aromatic rings. The minimum atomic E-state index is -0.00241. The molecule has 0 spiro atoms. The van der Waals surface area contributed by atoms with Gasteiger partial charge in [-0.05, 0) is 24.7 Å². The largest absolute Gasteiger partial charge is 0.443 e. The number of nitrogens with one attached hydrogen (secondary N) is 1. The molecule has 0 bridgehead atoms. The number of nitrogens with zero attached hydrogens (tertiary/aromatic N) is 3. The van der Waals surface area contributed by atoms with Crippen LogP contribution in [0, 0.1) is 11.8 Å². The smallest absolute Gasteiger partial charge is 0.213 e. The second-order valence-electron chi connectivity index (χ2n) is 7.98. The van der Waals surface area contributed by atoms with E-state index in [2.05, 4.69) is 41.0 Å². The fourth-order valence-electron chi connectivity index (χ4n) is 3.80. The Morgan fingerprint density at radius 1 is 1.29 bits per heavy atom. The van der Waals surface area contributed by atoms with Gasteiger partial charge in [-0.2, -0.15) is 0 Å². The number of fused-ring (bicyclic) bond motifs is 1. The monoisotopic (exact) mass is 446 g/mol. The van der Waals surface area contributed by atoms with Crippen LogP contribution < -0.4 is 5.32 Å². The number of oxazole rings is 1. The van der Waals surface area contributed by atoms with Crippen LogP contribution in [0.2, 0.25) is 0 Å². The lowest BCUT2D eigenvalue weighted by Gasteiger charge is -2.22. The summed E-state index contributed by atoms with van der Waals surface area (Å²) >= 11 is 0. The number of aromatic nitrogens is 1. The van der Waals surface area contributed by atoms with Crippen molar-refractivity contribution in [3.8, 4) is 0 Å². The van der Waals surface area contributed by atoms with Crippen molar-refractivity contribution in [2.45, 2.75) is 58.4 Å². The lowest BCUT2D eigenvalue weighted by Crippen LogP contribution is -2.39. The summed E-state index contributed by atoms with van der Waals surface area (Å²) < 4.78 is 5.85. The molecular formula is C18H31IN4O. The van der Waals surface area contributed by atoms with Crippen molar-refractivity contribution in [2.75, 3.05) is 20.1 Å². The average molecular weight is 446 g/mol. The molecule has 1 aromatic heterocycles. The summed E-state index contributed by atoms with van der Waals surface area (Å²) in [5, 5.41) is 3.42. The first-order valence-electron chi connectivity index (χ1n) is 8.88. The summed E-state index contributed by atoms with van der Waals surface area (Å²) in [6.07, 6.45) is 7.39. The second kappa shape index (κ2) is 8.06. The third-order valence-corrected chi connectivity index (χ3v) is 5.18. The van der Waals surface area contributed by atoms with E-state index in [0.29, 0.717) is 6.54 Å². The van der Waals surface area contributed by atoms with Crippen LogP contribution in [0.5, 0.6) is 0 Å². The second-order valence-corrected chi connectivity index (χ2v) is 7.98. The van der Waals surface area contributed by atoms with Crippen molar-refractivity contribution in [3.63, 3.8) is 0 Å². The number of halogens is 1. The van der Waals surface area contributed by atoms with E-state index in [1.165, 1.54) is 25.7 Å². The molecule has 0 aromatic carbocycles. The zero-order valence-corrected chi connectivity index (χ0v) is 17.7. The predicted octanol–water partition coefficient (Wildman–Crippen LogP) is 3.79. The number of hydrogen-bond acceptors (Lipinski definition) is 3. The average Bonchev–Trinajstić information content (AvgIpc) is 3.13. The van der Waals surface area contributed by atoms with Gasteiger partial charge in [0.25, 0.3) is 0 Å². The van der Waals surface area contributed by atoms with Crippen LogP contribution >= 0.6 is 24.0 Å². The lowest BCUT2D eigenvalue weighted by atomic mass is 9.82. The molecule has 2 aliphatic rings. The van der Waals surface area contributed by atoms with Gasteiger partial charge in [-0.3, -0.25) is 4.99 Å². The first-order chi connectivity index (χ1) is 11.0. The fraction of sp³-hybridized carbons (Fsp3) is 0.778. The topological polar surface area (TPSA) is 53.7 Å². The Morgan fingerprint density at radius 3 is 2.42 bits per heavy atom. The van der Waals surface area contributed by atoms with E-state index in [9.17, 15) is 0 Å². The molecule has 0 radical (unpaired) electrons. The molecule has 2 heterocycles. The quantitative estimate of drug-likeness (QED) is 0.427. The van der Waals surface area contributed by atoms with Crippen LogP contribution in [-0.4, -0.2) is 36.0 Å². The summed E-state index contributed by atoms with van der Waals surface area (Å²) in [5.74, 6) is 4.35. The Morgan fingerprint density at radius 2 is 1.92 bits per heavy atom. The summed E-state index contributed by atoms with van der Waals surface area (Å²) in [5.41, 5.74) is -0.00241. The van der Waals surface area contributed by atoms with Crippen molar-refractivity contribution < 1.29 is 4.42 Å². The van der Waals surface area contributed by atoms with Gasteiger partial charge in [0.1, 0.15) is 5.76 Å². The van der Waals surface area contributed by atoms with Crippen LogP contribution in [0.1, 0.15) is 58.1 Å². The maximum absolute atomic E-state index is 5.85. The number of aliphatic imine (C=N–C) groups is 1. The normalized spacial score (nSPS) is 24.5. The highest BCUT2D eigenvalue weighted by Gasteiger charge is 2.35. The zero-order valence-electron chi connectivity index (χ0n) is 15.3. The SMILES string of the molecule is CN=C(NCc1ncc(C(C)(C)C)o1)N1CC2CCCCC2C1.I. The predicted molar refractivity (Wildman–Crippen MR) is 108 cm³/mol.